The quantitative estimate of drug-likeness (QED) is 0.868. The van der Waals surface area contributed by atoms with Gasteiger partial charge in [0.25, 0.3) is 0 Å². The third-order valence-electron chi connectivity index (χ3n) is 3.84. The van der Waals surface area contributed by atoms with Crippen LogP contribution in [0.4, 0.5) is 11.6 Å². The Balaban J connectivity index is 2.19. The van der Waals surface area contributed by atoms with Crippen molar-refractivity contribution >= 4 is 17.5 Å². The molecule has 0 fully saturated rings. The fourth-order valence-corrected chi connectivity index (χ4v) is 2.63. The summed E-state index contributed by atoms with van der Waals surface area (Å²) >= 11 is 0. The number of anilines is 2. The molecular formula is C18H22N6O. The predicted molar refractivity (Wildman–Crippen MR) is 96.4 cm³/mol. The van der Waals surface area contributed by atoms with Gasteiger partial charge in [0.2, 0.25) is 5.91 Å². The highest BCUT2D eigenvalue weighted by Gasteiger charge is 2.19. The predicted octanol–water partition coefficient (Wildman–Crippen LogP) is 2.25. The zero-order valence-corrected chi connectivity index (χ0v) is 15.0. The zero-order chi connectivity index (χ0) is 18.4. The van der Waals surface area contributed by atoms with Gasteiger partial charge in [-0.2, -0.15) is 10.4 Å². The molecule has 7 nitrogen and oxygen atoms in total. The van der Waals surface area contributed by atoms with E-state index in [1.165, 1.54) is 0 Å². The van der Waals surface area contributed by atoms with Crippen LogP contribution in [0.3, 0.4) is 0 Å². The highest BCUT2D eigenvalue weighted by Crippen LogP contribution is 2.22. The lowest BCUT2D eigenvalue weighted by Crippen LogP contribution is -2.32. The fraction of sp³-hybridized carbons (Fsp3) is 0.389. The Morgan fingerprint density at radius 1 is 1.28 bits per heavy atom. The molecule has 0 aliphatic carbocycles. The van der Waals surface area contributed by atoms with E-state index < -0.39 is 0 Å². The van der Waals surface area contributed by atoms with Crippen LogP contribution in [0.2, 0.25) is 0 Å². The van der Waals surface area contributed by atoms with Gasteiger partial charge in [-0.05, 0) is 37.5 Å². The molecule has 2 aromatic rings. The van der Waals surface area contributed by atoms with Crippen molar-refractivity contribution in [1.29, 1.82) is 5.26 Å². The highest BCUT2D eigenvalue weighted by molar-refractivity contribution is 5.93. The molecule has 0 saturated heterocycles. The maximum absolute atomic E-state index is 12.3. The molecule has 0 aromatic carbocycles. The molecule has 0 spiro atoms. The van der Waals surface area contributed by atoms with E-state index in [-0.39, 0.29) is 12.5 Å². The summed E-state index contributed by atoms with van der Waals surface area (Å²) < 4.78 is 0. The van der Waals surface area contributed by atoms with Gasteiger partial charge in [-0.1, -0.05) is 19.9 Å². The summed E-state index contributed by atoms with van der Waals surface area (Å²) in [6, 6.07) is 7.64. The van der Waals surface area contributed by atoms with Gasteiger partial charge in [0.05, 0.1) is 12.2 Å². The first-order valence-corrected chi connectivity index (χ1v) is 8.23. The zero-order valence-electron chi connectivity index (χ0n) is 15.0. The third kappa shape index (κ3) is 4.29. The van der Waals surface area contributed by atoms with Crippen LogP contribution < -0.4 is 10.2 Å². The smallest absolute Gasteiger partial charge is 0.245 e. The first-order chi connectivity index (χ1) is 12.0. The van der Waals surface area contributed by atoms with E-state index in [2.05, 4.69) is 26.6 Å². The number of aryl methyl sites for hydroxylation is 2. The number of carbonyl (C=O) groups is 1. The van der Waals surface area contributed by atoms with E-state index in [0.717, 1.165) is 17.0 Å². The molecule has 0 saturated carbocycles. The first-order valence-electron chi connectivity index (χ1n) is 8.23. The second-order valence-electron chi connectivity index (χ2n) is 5.71. The van der Waals surface area contributed by atoms with Crippen LogP contribution in [0, 0.1) is 18.3 Å². The van der Waals surface area contributed by atoms with Crippen molar-refractivity contribution in [3.05, 3.63) is 40.7 Å². The van der Waals surface area contributed by atoms with E-state index in [9.17, 15) is 10.1 Å². The number of amides is 1. The second kappa shape index (κ2) is 8.20. The number of nitriles is 1. The number of carbonyl (C=O) groups excluding carboxylic acids is 1. The Bertz CT molecular complexity index is 812. The molecule has 25 heavy (non-hydrogen) atoms. The normalized spacial score (nSPS) is 10.2. The molecule has 0 aliphatic rings. The molecule has 2 aromatic heterocycles. The minimum Gasteiger partial charge on any atom is -0.348 e. The SMILES string of the molecule is CCc1nnc(N(C)CC(=O)Nc2cccc(C)n2)c(C#N)c1CC. The molecule has 130 valence electrons. The summed E-state index contributed by atoms with van der Waals surface area (Å²) in [7, 11) is 1.72. The van der Waals surface area contributed by atoms with Gasteiger partial charge >= 0.3 is 0 Å². The largest absolute Gasteiger partial charge is 0.348 e. The van der Waals surface area contributed by atoms with Crippen molar-refractivity contribution in [1.82, 2.24) is 15.2 Å². The van der Waals surface area contributed by atoms with Crippen LogP contribution in [-0.4, -0.2) is 34.7 Å². The van der Waals surface area contributed by atoms with Crippen molar-refractivity contribution in [2.75, 3.05) is 23.8 Å². The van der Waals surface area contributed by atoms with Gasteiger partial charge in [0.1, 0.15) is 17.5 Å². The summed E-state index contributed by atoms with van der Waals surface area (Å²) in [5, 5.41) is 20.7. The van der Waals surface area contributed by atoms with Crippen LogP contribution in [0.25, 0.3) is 0 Å². The van der Waals surface area contributed by atoms with Crippen molar-refractivity contribution < 1.29 is 4.79 Å². The number of likely N-dealkylation sites (N-methyl/N-ethyl adjacent to an activating group) is 1. The Morgan fingerprint density at radius 3 is 2.64 bits per heavy atom. The maximum atomic E-state index is 12.3. The number of rotatable bonds is 6. The van der Waals surface area contributed by atoms with E-state index in [4.69, 9.17) is 0 Å². The average Bonchev–Trinajstić information content (AvgIpc) is 2.59. The molecule has 2 heterocycles. The summed E-state index contributed by atoms with van der Waals surface area (Å²) in [6.07, 6.45) is 1.41. The lowest BCUT2D eigenvalue weighted by molar-refractivity contribution is -0.114. The second-order valence-corrected chi connectivity index (χ2v) is 5.71. The monoisotopic (exact) mass is 338 g/mol. The Labute approximate surface area is 147 Å². The van der Waals surface area contributed by atoms with Crippen LogP contribution in [0.5, 0.6) is 0 Å². The summed E-state index contributed by atoms with van der Waals surface area (Å²) in [4.78, 5) is 18.1. The topological polar surface area (TPSA) is 94.8 Å². The van der Waals surface area contributed by atoms with E-state index in [0.29, 0.717) is 30.0 Å². The number of nitrogens with zero attached hydrogens (tertiary/aromatic N) is 5. The summed E-state index contributed by atoms with van der Waals surface area (Å²) in [5.41, 5.74) is 3.03. The van der Waals surface area contributed by atoms with Crippen LogP contribution >= 0.6 is 0 Å². The highest BCUT2D eigenvalue weighted by atomic mass is 16.2. The van der Waals surface area contributed by atoms with Crippen molar-refractivity contribution in [2.45, 2.75) is 33.6 Å². The lowest BCUT2D eigenvalue weighted by atomic mass is 10.0. The average molecular weight is 338 g/mol. The molecule has 1 N–H and O–H groups in total. The van der Waals surface area contributed by atoms with E-state index in [1.807, 2.05) is 32.9 Å². The van der Waals surface area contributed by atoms with Gasteiger partial charge in [-0.15, -0.1) is 5.10 Å². The maximum Gasteiger partial charge on any atom is 0.245 e. The van der Waals surface area contributed by atoms with Crippen LogP contribution in [0.15, 0.2) is 18.2 Å². The van der Waals surface area contributed by atoms with E-state index >= 15 is 0 Å². The number of hydrogen-bond donors (Lipinski definition) is 1. The standard InChI is InChI=1S/C18H22N6O/c1-5-13-14(10-19)18(23-22-15(13)6-2)24(4)11-17(25)21-16-9-7-8-12(3)20-16/h7-9H,5-6,11H2,1-4H3,(H,20,21,25). The third-order valence-corrected chi connectivity index (χ3v) is 3.84. The van der Waals surface area contributed by atoms with Crippen molar-refractivity contribution in [3.63, 3.8) is 0 Å². The van der Waals surface area contributed by atoms with Crippen LogP contribution in [-0.2, 0) is 17.6 Å². The van der Waals surface area contributed by atoms with Gasteiger partial charge in [-0.3, -0.25) is 4.79 Å². The number of pyridine rings is 1. The van der Waals surface area contributed by atoms with Crippen molar-refractivity contribution in [2.24, 2.45) is 0 Å². The van der Waals surface area contributed by atoms with Crippen molar-refractivity contribution in [3.8, 4) is 6.07 Å². The molecule has 0 atom stereocenters. The molecule has 0 unspecified atom stereocenters. The molecular weight excluding hydrogens is 316 g/mol. The lowest BCUT2D eigenvalue weighted by Gasteiger charge is -2.20. The molecule has 2 rings (SSSR count). The Kier molecular flexibility index (Phi) is 6.01. The fourth-order valence-electron chi connectivity index (χ4n) is 2.63. The van der Waals surface area contributed by atoms with E-state index in [1.54, 1.807) is 18.0 Å². The molecule has 0 bridgehead atoms. The van der Waals surface area contributed by atoms with Gasteiger partial charge < -0.3 is 10.2 Å². The number of hydrogen-bond acceptors (Lipinski definition) is 6. The van der Waals surface area contributed by atoms with Gasteiger partial charge in [0, 0.05) is 12.7 Å². The molecule has 0 radical (unpaired) electrons. The summed E-state index contributed by atoms with van der Waals surface area (Å²) in [6.45, 7) is 5.87. The molecule has 7 heteroatoms. The van der Waals surface area contributed by atoms with Crippen LogP contribution in [0.1, 0.15) is 36.4 Å². The van der Waals surface area contributed by atoms with Gasteiger partial charge in [-0.25, -0.2) is 4.98 Å². The number of nitrogens with one attached hydrogen (secondary N) is 1. The minimum atomic E-state index is -0.232. The molecule has 0 aliphatic heterocycles. The van der Waals surface area contributed by atoms with Gasteiger partial charge in [0.15, 0.2) is 5.82 Å². The first kappa shape index (κ1) is 18.3. The number of aromatic nitrogens is 3. The molecule has 1 amide bonds. The summed E-state index contributed by atoms with van der Waals surface area (Å²) in [5.74, 6) is 0.688. The Morgan fingerprint density at radius 2 is 2.04 bits per heavy atom. The minimum absolute atomic E-state index is 0.0492. The Hall–Kier alpha value is -3.01.